The summed E-state index contributed by atoms with van der Waals surface area (Å²) in [6.45, 7) is 2.59. The predicted octanol–water partition coefficient (Wildman–Crippen LogP) is 1.85. The molecule has 1 aromatic carbocycles. The van der Waals surface area contributed by atoms with Gasteiger partial charge in [0.1, 0.15) is 5.92 Å². The van der Waals surface area contributed by atoms with Crippen LogP contribution in [0.3, 0.4) is 0 Å². The minimum atomic E-state index is -0.351. The molecular weight excluding hydrogens is 224 g/mol. The fourth-order valence-corrected chi connectivity index (χ4v) is 3.31. The molecule has 1 saturated carbocycles. The Balaban J connectivity index is 1.72. The van der Waals surface area contributed by atoms with Gasteiger partial charge in [0, 0.05) is 25.6 Å². The summed E-state index contributed by atoms with van der Waals surface area (Å²) in [5.41, 5.74) is 1.28. The molecule has 2 fully saturated rings. The number of hydrogen-bond donors (Lipinski definition) is 0. The molecule has 3 rings (SSSR count). The van der Waals surface area contributed by atoms with Crippen LogP contribution in [0.5, 0.6) is 0 Å². The molecule has 1 saturated heterocycles. The number of carbonyl (C=O) groups excluding carboxylic acids is 1. The topological polar surface area (TPSA) is 44.1 Å². The second kappa shape index (κ2) is 4.55. The molecule has 0 aromatic heterocycles. The molecule has 92 valence electrons. The van der Waals surface area contributed by atoms with Crippen molar-refractivity contribution in [3.8, 4) is 6.07 Å². The molecular formula is C15H16N2O. The number of nitrogens with zero attached hydrogens (tertiary/aromatic N) is 2. The van der Waals surface area contributed by atoms with Gasteiger partial charge in [0.25, 0.3) is 0 Å². The Morgan fingerprint density at radius 2 is 2.06 bits per heavy atom. The van der Waals surface area contributed by atoms with Gasteiger partial charge in [-0.2, -0.15) is 5.26 Å². The zero-order chi connectivity index (χ0) is 12.5. The van der Waals surface area contributed by atoms with Crippen LogP contribution < -0.4 is 0 Å². The number of piperidine rings is 1. The minimum absolute atomic E-state index is 0.0945. The number of likely N-dealkylation sites (tertiary alicyclic amines) is 1. The molecule has 0 spiro atoms. The summed E-state index contributed by atoms with van der Waals surface area (Å²) in [5, 5.41) is 9.07. The number of fused-ring (bicyclic) bond motifs is 2. The van der Waals surface area contributed by atoms with Crippen LogP contribution in [0.1, 0.15) is 12.0 Å². The molecule has 1 aromatic rings. The standard InChI is InChI=1S/C15H16N2O/c16-7-14-12-6-13(15(14)18)10-17(9-12)8-11-4-2-1-3-5-11/h1-5,12-14H,6,8-10H2. The van der Waals surface area contributed by atoms with Crippen LogP contribution >= 0.6 is 0 Å². The lowest BCUT2D eigenvalue weighted by molar-refractivity contribution is -0.122. The van der Waals surface area contributed by atoms with Crippen molar-refractivity contribution in [2.45, 2.75) is 13.0 Å². The van der Waals surface area contributed by atoms with Gasteiger partial charge in [-0.05, 0) is 17.9 Å². The van der Waals surface area contributed by atoms with Crippen molar-refractivity contribution in [3.63, 3.8) is 0 Å². The van der Waals surface area contributed by atoms with Gasteiger partial charge < -0.3 is 0 Å². The summed E-state index contributed by atoms with van der Waals surface area (Å²) in [6.07, 6.45) is 0.919. The van der Waals surface area contributed by atoms with E-state index >= 15 is 0 Å². The van der Waals surface area contributed by atoms with Gasteiger partial charge in [0.05, 0.1) is 6.07 Å². The SMILES string of the molecule is N#CC1C(=O)C2CC1CN(Cc1ccccc1)C2. The van der Waals surface area contributed by atoms with Crippen molar-refractivity contribution in [2.75, 3.05) is 13.1 Å². The van der Waals surface area contributed by atoms with Gasteiger partial charge in [-0.3, -0.25) is 9.69 Å². The van der Waals surface area contributed by atoms with Gasteiger partial charge >= 0.3 is 0 Å². The van der Waals surface area contributed by atoms with Crippen molar-refractivity contribution in [3.05, 3.63) is 35.9 Å². The van der Waals surface area contributed by atoms with Gasteiger partial charge in [0.2, 0.25) is 0 Å². The monoisotopic (exact) mass is 240 g/mol. The first-order valence-electron chi connectivity index (χ1n) is 6.47. The maximum atomic E-state index is 12.0. The normalized spacial score (nSPS) is 31.3. The molecule has 18 heavy (non-hydrogen) atoms. The highest BCUT2D eigenvalue weighted by molar-refractivity contribution is 5.88. The lowest BCUT2D eigenvalue weighted by atomic mass is 9.95. The van der Waals surface area contributed by atoms with Gasteiger partial charge in [-0.15, -0.1) is 0 Å². The maximum Gasteiger partial charge on any atom is 0.154 e. The highest BCUT2D eigenvalue weighted by Gasteiger charge is 2.46. The van der Waals surface area contributed by atoms with Crippen molar-refractivity contribution in [2.24, 2.45) is 17.8 Å². The number of hydrogen-bond acceptors (Lipinski definition) is 3. The Kier molecular flexibility index (Phi) is 2.89. The van der Waals surface area contributed by atoms with E-state index < -0.39 is 0 Å². The number of carbonyl (C=O) groups is 1. The van der Waals surface area contributed by atoms with Gasteiger partial charge in [-0.25, -0.2) is 0 Å². The fraction of sp³-hybridized carbons (Fsp3) is 0.467. The number of Topliss-reactive ketones (excluding diaryl/α,β-unsaturated/α-hetero) is 1. The third-order valence-corrected chi connectivity index (χ3v) is 4.13. The van der Waals surface area contributed by atoms with Crippen LogP contribution in [0.15, 0.2) is 30.3 Å². The van der Waals surface area contributed by atoms with Crippen LogP contribution in [0, 0.1) is 29.1 Å². The van der Waals surface area contributed by atoms with E-state index in [-0.39, 0.29) is 23.5 Å². The van der Waals surface area contributed by atoms with Crippen LogP contribution in [0.4, 0.5) is 0 Å². The van der Waals surface area contributed by atoms with E-state index in [1.165, 1.54) is 5.56 Å². The van der Waals surface area contributed by atoms with Crippen LogP contribution in [-0.4, -0.2) is 23.8 Å². The van der Waals surface area contributed by atoms with E-state index in [9.17, 15) is 4.79 Å². The van der Waals surface area contributed by atoms with Crippen molar-refractivity contribution in [1.82, 2.24) is 4.90 Å². The number of ketones is 1. The van der Waals surface area contributed by atoms with Crippen LogP contribution in [0.2, 0.25) is 0 Å². The largest absolute Gasteiger partial charge is 0.298 e. The summed E-state index contributed by atoms with van der Waals surface area (Å²) in [4.78, 5) is 14.3. The highest BCUT2D eigenvalue weighted by atomic mass is 16.1. The molecule has 1 aliphatic heterocycles. The minimum Gasteiger partial charge on any atom is -0.298 e. The summed E-state index contributed by atoms with van der Waals surface area (Å²) in [6, 6.07) is 12.5. The third kappa shape index (κ3) is 1.93. The van der Waals surface area contributed by atoms with E-state index in [0.717, 1.165) is 26.1 Å². The quantitative estimate of drug-likeness (QED) is 0.792. The second-order valence-electron chi connectivity index (χ2n) is 5.38. The van der Waals surface area contributed by atoms with Crippen LogP contribution in [-0.2, 0) is 11.3 Å². The molecule has 2 bridgehead atoms. The smallest absolute Gasteiger partial charge is 0.154 e. The molecule has 3 unspecified atom stereocenters. The summed E-state index contributed by atoms with van der Waals surface area (Å²) >= 11 is 0. The average molecular weight is 240 g/mol. The molecule has 3 atom stereocenters. The van der Waals surface area contributed by atoms with E-state index in [0.29, 0.717) is 0 Å². The van der Waals surface area contributed by atoms with E-state index in [1.54, 1.807) is 0 Å². The van der Waals surface area contributed by atoms with Crippen LogP contribution in [0.25, 0.3) is 0 Å². The van der Waals surface area contributed by atoms with Gasteiger partial charge in [0.15, 0.2) is 5.78 Å². The van der Waals surface area contributed by atoms with Crippen molar-refractivity contribution in [1.29, 1.82) is 5.26 Å². The third-order valence-electron chi connectivity index (χ3n) is 4.13. The van der Waals surface area contributed by atoms with Crippen molar-refractivity contribution >= 4 is 5.78 Å². The average Bonchev–Trinajstić information content (AvgIpc) is 2.61. The lowest BCUT2D eigenvalue weighted by Crippen LogP contribution is -2.36. The Hall–Kier alpha value is -1.66. The Morgan fingerprint density at radius 1 is 1.28 bits per heavy atom. The Morgan fingerprint density at radius 3 is 2.78 bits per heavy atom. The summed E-state index contributed by atoms with van der Waals surface area (Å²) in [5.74, 6) is 0.177. The fourth-order valence-electron chi connectivity index (χ4n) is 3.31. The van der Waals surface area contributed by atoms with E-state index in [1.807, 2.05) is 18.2 Å². The van der Waals surface area contributed by atoms with Gasteiger partial charge in [-0.1, -0.05) is 30.3 Å². The molecule has 0 N–H and O–H groups in total. The first kappa shape index (κ1) is 11.4. The second-order valence-corrected chi connectivity index (χ2v) is 5.38. The first-order chi connectivity index (χ1) is 8.78. The Bertz CT molecular complexity index is 491. The van der Waals surface area contributed by atoms with Crippen molar-refractivity contribution < 1.29 is 4.79 Å². The Labute approximate surface area is 107 Å². The molecule has 3 heteroatoms. The number of rotatable bonds is 2. The summed E-state index contributed by atoms with van der Waals surface area (Å²) in [7, 11) is 0. The summed E-state index contributed by atoms with van der Waals surface area (Å²) < 4.78 is 0. The first-order valence-corrected chi connectivity index (χ1v) is 6.47. The van der Waals surface area contributed by atoms with E-state index in [2.05, 4.69) is 23.1 Å². The molecule has 0 radical (unpaired) electrons. The zero-order valence-corrected chi connectivity index (χ0v) is 10.2. The lowest BCUT2D eigenvalue weighted by Gasteiger charge is -2.31. The maximum absolute atomic E-state index is 12.0. The predicted molar refractivity (Wildman–Crippen MR) is 67.4 cm³/mol. The number of nitriles is 1. The zero-order valence-electron chi connectivity index (χ0n) is 10.2. The molecule has 2 aliphatic rings. The number of benzene rings is 1. The highest BCUT2D eigenvalue weighted by Crippen LogP contribution is 2.38. The van der Waals surface area contributed by atoms with E-state index in [4.69, 9.17) is 5.26 Å². The molecule has 1 aliphatic carbocycles. The molecule has 1 heterocycles. The molecule has 0 amide bonds. The molecule has 3 nitrogen and oxygen atoms in total.